The van der Waals surface area contributed by atoms with Gasteiger partial charge in [0.05, 0.1) is 6.04 Å². The van der Waals surface area contributed by atoms with Crippen LogP contribution in [0.15, 0.2) is 24.3 Å². The van der Waals surface area contributed by atoms with Crippen LogP contribution in [0, 0.1) is 5.41 Å². The molecular formula is C16H25ClN2O. The van der Waals surface area contributed by atoms with Gasteiger partial charge in [-0.3, -0.25) is 4.79 Å². The minimum Gasteiger partial charge on any atom is -0.350 e. The monoisotopic (exact) mass is 296 g/mol. The predicted octanol–water partition coefficient (Wildman–Crippen LogP) is 3.67. The summed E-state index contributed by atoms with van der Waals surface area (Å²) in [5, 5.41) is 3.64. The fourth-order valence-corrected chi connectivity index (χ4v) is 2.46. The van der Waals surface area contributed by atoms with E-state index in [4.69, 9.17) is 17.3 Å². The van der Waals surface area contributed by atoms with E-state index in [2.05, 4.69) is 26.1 Å². The van der Waals surface area contributed by atoms with Crippen molar-refractivity contribution in [2.45, 2.75) is 52.6 Å². The van der Waals surface area contributed by atoms with E-state index in [9.17, 15) is 4.79 Å². The van der Waals surface area contributed by atoms with Crippen LogP contribution in [0.25, 0.3) is 0 Å². The first-order valence-electron chi connectivity index (χ1n) is 6.98. The molecule has 1 amide bonds. The number of carbonyl (C=O) groups is 1. The highest BCUT2D eigenvalue weighted by atomic mass is 35.5. The van der Waals surface area contributed by atoms with Crippen LogP contribution < -0.4 is 11.1 Å². The summed E-state index contributed by atoms with van der Waals surface area (Å²) in [5.74, 6) is -0.0192. The molecule has 1 rings (SSSR count). The zero-order valence-corrected chi connectivity index (χ0v) is 13.5. The Morgan fingerprint density at radius 2 is 2.05 bits per heavy atom. The Bertz CT molecular complexity index is 454. The summed E-state index contributed by atoms with van der Waals surface area (Å²) in [4.78, 5) is 12.0. The van der Waals surface area contributed by atoms with Gasteiger partial charge in [-0.1, -0.05) is 44.5 Å². The van der Waals surface area contributed by atoms with Crippen molar-refractivity contribution in [2.75, 3.05) is 0 Å². The maximum absolute atomic E-state index is 12.0. The van der Waals surface area contributed by atoms with E-state index >= 15 is 0 Å². The number of hydrogen-bond acceptors (Lipinski definition) is 2. The molecule has 0 bridgehead atoms. The molecule has 0 spiro atoms. The maximum Gasteiger partial charge on any atom is 0.222 e. The second kappa shape index (κ2) is 7.09. The highest BCUT2D eigenvalue weighted by Crippen LogP contribution is 2.21. The van der Waals surface area contributed by atoms with Gasteiger partial charge in [0, 0.05) is 17.5 Å². The van der Waals surface area contributed by atoms with Crippen molar-refractivity contribution in [2.24, 2.45) is 11.1 Å². The Hall–Kier alpha value is -1.06. The molecule has 20 heavy (non-hydrogen) atoms. The van der Waals surface area contributed by atoms with Crippen LogP contribution in [0.4, 0.5) is 0 Å². The quantitative estimate of drug-likeness (QED) is 0.871. The molecule has 0 aromatic heterocycles. The van der Waals surface area contributed by atoms with E-state index in [0.717, 1.165) is 12.0 Å². The van der Waals surface area contributed by atoms with Crippen molar-refractivity contribution in [1.29, 1.82) is 0 Å². The predicted molar refractivity (Wildman–Crippen MR) is 84.7 cm³/mol. The smallest absolute Gasteiger partial charge is 0.222 e. The lowest BCUT2D eigenvalue weighted by Crippen LogP contribution is -2.35. The average molecular weight is 297 g/mol. The topological polar surface area (TPSA) is 55.1 Å². The molecule has 2 atom stereocenters. The fourth-order valence-electron chi connectivity index (χ4n) is 2.26. The number of nitrogens with one attached hydrogen (secondary N) is 1. The molecule has 1 aromatic carbocycles. The molecule has 1 aromatic rings. The van der Waals surface area contributed by atoms with Crippen molar-refractivity contribution in [3.63, 3.8) is 0 Å². The van der Waals surface area contributed by atoms with Crippen LogP contribution in [-0.4, -0.2) is 11.9 Å². The molecule has 0 aliphatic rings. The molecule has 0 heterocycles. The molecule has 112 valence electrons. The van der Waals surface area contributed by atoms with Gasteiger partial charge < -0.3 is 11.1 Å². The highest BCUT2D eigenvalue weighted by molar-refractivity contribution is 6.30. The maximum atomic E-state index is 12.0. The van der Waals surface area contributed by atoms with Gasteiger partial charge in [-0.05, 0) is 36.5 Å². The second-order valence-corrected chi connectivity index (χ2v) is 7.01. The summed E-state index contributed by atoms with van der Waals surface area (Å²) in [6, 6.07) is 7.34. The number of benzene rings is 1. The van der Waals surface area contributed by atoms with Gasteiger partial charge in [-0.25, -0.2) is 0 Å². The molecule has 0 saturated heterocycles. The van der Waals surface area contributed by atoms with Gasteiger partial charge in [0.2, 0.25) is 5.91 Å². The lowest BCUT2D eigenvalue weighted by atomic mass is 9.87. The lowest BCUT2D eigenvalue weighted by Gasteiger charge is -2.23. The lowest BCUT2D eigenvalue weighted by molar-refractivity contribution is -0.122. The number of hydrogen-bond donors (Lipinski definition) is 2. The number of halogens is 1. The summed E-state index contributed by atoms with van der Waals surface area (Å²) in [5.41, 5.74) is 7.15. The SMILES string of the molecule is C[C@H](NC(=O)CC(N)CC(C)(C)C)c1cccc(Cl)c1. The number of amides is 1. The minimum absolute atomic E-state index is 0.0192. The van der Waals surface area contributed by atoms with E-state index in [1.165, 1.54) is 0 Å². The Balaban J connectivity index is 2.50. The zero-order chi connectivity index (χ0) is 15.3. The van der Waals surface area contributed by atoms with Crippen LogP contribution >= 0.6 is 11.6 Å². The van der Waals surface area contributed by atoms with E-state index in [1.54, 1.807) is 0 Å². The summed E-state index contributed by atoms with van der Waals surface area (Å²) in [7, 11) is 0. The fraction of sp³-hybridized carbons (Fsp3) is 0.562. The number of rotatable bonds is 5. The number of carbonyl (C=O) groups excluding carboxylic acids is 1. The first-order chi connectivity index (χ1) is 9.17. The summed E-state index contributed by atoms with van der Waals surface area (Å²) in [6.45, 7) is 8.32. The first kappa shape index (κ1) is 17.0. The van der Waals surface area contributed by atoms with Gasteiger partial charge in [0.15, 0.2) is 0 Å². The van der Waals surface area contributed by atoms with Gasteiger partial charge in [-0.2, -0.15) is 0 Å². The molecule has 4 heteroatoms. The Morgan fingerprint density at radius 1 is 1.40 bits per heavy atom. The normalized spacial score (nSPS) is 14.7. The second-order valence-electron chi connectivity index (χ2n) is 6.57. The molecule has 0 fully saturated rings. The van der Waals surface area contributed by atoms with E-state index < -0.39 is 0 Å². The van der Waals surface area contributed by atoms with Crippen LogP contribution in [0.1, 0.15) is 52.1 Å². The summed E-state index contributed by atoms with van der Waals surface area (Å²) >= 11 is 5.95. The van der Waals surface area contributed by atoms with Crippen molar-refractivity contribution >= 4 is 17.5 Å². The largest absolute Gasteiger partial charge is 0.350 e. The van der Waals surface area contributed by atoms with Crippen molar-refractivity contribution in [3.8, 4) is 0 Å². The van der Waals surface area contributed by atoms with E-state index in [-0.39, 0.29) is 23.4 Å². The van der Waals surface area contributed by atoms with Crippen molar-refractivity contribution < 1.29 is 4.79 Å². The Morgan fingerprint density at radius 3 is 2.60 bits per heavy atom. The molecule has 0 aliphatic carbocycles. The summed E-state index contributed by atoms with van der Waals surface area (Å²) in [6.07, 6.45) is 1.17. The third kappa shape index (κ3) is 6.40. The van der Waals surface area contributed by atoms with Crippen molar-refractivity contribution in [1.82, 2.24) is 5.32 Å². The van der Waals surface area contributed by atoms with Gasteiger partial charge in [0.25, 0.3) is 0 Å². The molecule has 3 N–H and O–H groups in total. The molecule has 1 unspecified atom stereocenters. The van der Waals surface area contributed by atoms with Crippen LogP contribution in [0.2, 0.25) is 5.02 Å². The standard InChI is InChI=1S/C16H25ClN2O/c1-11(12-6-5-7-13(17)8-12)19-15(20)9-14(18)10-16(2,3)4/h5-8,11,14H,9-10,18H2,1-4H3,(H,19,20)/t11-,14?/m0/s1. The van der Waals surface area contributed by atoms with Crippen molar-refractivity contribution in [3.05, 3.63) is 34.9 Å². The van der Waals surface area contributed by atoms with E-state index in [0.29, 0.717) is 11.4 Å². The first-order valence-corrected chi connectivity index (χ1v) is 7.35. The summed E-state index contributed by atoms with van der Waals surface area (Å²) < 4.78 is 0. The third-order valence-corrected chi connectivity index (χ3v) is 3.28. The molecular weight excluding hydrogens is 272 g/mol. The van der Waals surface area contributed by atoms with Gasteiger partial charge >= 0.3 is 0 Å². The van der Waals surface area contributed by atoms with Crippen LogP contribution in [0.3, 0.4) is 0 Å². The molecule has 3 nitrogen and oxygen atoms in total. The highest BCUT2D eigenvalue weighted by Gasteiger charge is 2.19. The minimum atomic E-state index is -0.110. The molecule has 0 saturated carbocycles. The van der Waals surface area contributed by atoms with Crippen LogP contribution in [-0.2, 0) is 4.79 Å². The Labute approximate surface area is 126 Å². The van der Waals surface area contributed by atoms with Gasteiger partial charge in [-0.15, -0.1) is 0 Å². The van der Waals surface area contributed by atoms with E-state index in [1.807, 2.05) is 31.2 Å². The van der Waals surface area contributed by atoms with Crippen LogP contribution in [0.5, 0.6) is 0 Å². The molecule has 0 aliphatic heterocycles. The Kier molecular flexibility index (Phi) is 6.03. The van der Waals surface area contributed by atoms with Gasteiger partial charge in [0.1, 0.15) is 0 Å². The average Bonchev–Trinajstić information content (AvgIpc) is 2.25. The molecule has 0 radical (unpaired) electrons. The number of nitrogens with two attached hydrogens (primary N) is 1. The zero-order valence-electron chi connectivity index (χ0n) is 12.7. The third-order valence-electron chi connectivity index (χ3n) is 3.05.